The van der Waals surface area contributed by atoms with E-state index in [0.29, 0.717) is 56.2 Å². The first-order chi connectivity index (χ1) is 33.0. The van der Waals surface area contributed by atoms with E-state index < -0.39 is 5.97 Å². The zero-order valence-electron chi connectivity index (χ0n) is 41.1. The Bertz CT molecular complexity index is 1970. The Balaban J connectivity index is 0.000000218. The third-order valence-electron chi connectivity index (χ3n) is 14.5. The van der Waals surface area contributed by atoms with Crippen LogP contribution in [0.2, 0.25) is 5.02 Å². The molecule has 7 rings (SSSR count). The minimum atomic E-state index is -0.748. The average molecular weight is 956 g/mol. The molecular weight excluding hydrogens is 876 g/mol. The lowest BCUT2D eigenvalue weighted by atomic mass is 9.84. The number of carbonyl (C=O) groups is 3. The SMILES string of the molecule is COc1ccccc1N1CCN(CCC2CCC(NC(=O)CCCC#N)CC2)CC1.Cc1ccc(N2CCN(CCC3CCC(NC(=O)CCCC#N)CC3)CC2)cc1Cl.O=C(O)C1=CCCC1. The molecule has 0 spiro atoms. The van der Waals surface area contributed by atoms with Gasteiger partial charge in [0.1, 0.15) is 5.75 Å². The maximum absolute atomic E-state index is 11.9. The number of anilines is 2. The van der Waals surface area contributed by atoms with Crippen molar-refractivity contribution < 1.29 is 24.2 Å². The maximum Gasteiger partial charge on any atom is 0.331 e. The van der Waals surface area contributed by atoms with Crippen LogP contribution >= 0.6 is 11.6 Å². The number of aliphatic carboxylic acids is 1. The first kappa shape index (κ1) is 54.1. The normalized spacial score (nSPS) is 21.9. The molecule has 0 aromatic heterocycles. The maximum atomic E-state index is 11.9. The number of ether oxygens (including phenoxy) is 1. The fourth-order valence-corrected chi connectivity index (χ4v) is 10.3. The zero-order valence-corrected chi connectivity index (χ0v) is 41.8. The lowest BCUT2D eigenvalue weighted by Gasteiger charge is -2.37. The third-order valence-corrected chi connectivity index (χ3v) is 14.9. The van der Waals surface area contributed by atoms with E-state index in [1.54, 1.807) is 13.2 Å². The summed E-state index contributed by atoms with van der Waals surface area (Å²) in [7, 11) is 1.74. The van der Waals surface area contributed by atoms with Gasteiger partial charge in [-0.3, -0.25) is 19.4 Å². The smallest absolute Gasteiger partial charge is 0.331 e. The number of nitrogens with zero attached hydrogens (tertiary/aromatic N) is 6. The quantitative estimate of drug-likeness (QED) is 0.122. The van der Waals surface area contributed by atoms with Gasteiger partial charge in [-0.25, -0.2) is 4.79 Å². The number of carboxylic acid groups (broad SMARTS) is 1. The molecule has 13 nitrogen and oxygen atoms in total. The molecule has 2 saturated heterocycles. The molecule has 68 heavy (non-hydrogen) atoms. The van der Waals surface area contributed by atoms with Gasteiger partial charge < -0.3 is 30.3 Å². The predicted octanol–water partition coefficient (Wildman–Crippen LogP) is 9.29. The number of nitrogens with one attached hydrogen (secondary N) is 2. The van der Waals surface area contributed by atoms with Gasteiger partial charge in [-0.05, 0) is 158 Å². The highest BCUT2D eigenvalue weighted by Gasteiger charge is 2.26. The van der Waals surface area contributed by atoms with Crippen LogP contribution in [-0.4, -0.2) is 117 Å². The summed E-state index contributed by atoms with van der Waals surface area (Å²) >= 11 is 6.29. The standard InChI is InChI=1S/C24H35ClN4O.C24H36N4O2.C6H8O2/c1-19-5-10-22(18-23(19)25)29-16-14-28(15-17-29)13-11-20-6-8-21(9-7-20)27-24(30)4-2-3-12-26;1-30-23-7-3-2-6-22(23)28-18-16-27(17-19-28)15-13-20-9-11-21(12-10-20)26-24(29)8-4-5-14-25;7-6(8)5-3-1-2-4-5/h5,10,18,20-21H,2-4,6-9,11,13-17H2,1H3,(H,27,30);2-3,6-7,20-21H,4-5,8-13,15-19H2,1H3,(H,26,29);3H,1-2,4H2,(H,7,8). The second kappa shape index (κ2) is 29.9. The first-order valence-electron chi connectivity index (χ1n) is 25.6. The molecule has 2 aromatic rings. The Morgan fingerprint density at radius 2 is 1.25 bits per heavy atom. The molecule has 3 aliphatic carbocycles. The van der Waals surface area contributed by atoms with E-state index in [4.69, 9.17) is 32.0 Å². The summed E-state index contributed by atoms with van der Waals surface area (Å²) in [5.41, 5.74) is 4.16. The van der Waals surface area contributed by atoms with Gasteiger partial charge in [0.05, 0.1) is 24.9 Å². The highest BCUT2D eigenvalue weighted by molar-refractivity contribution is 6.31. The van der Waals surface area contributed by atoms with E-state index in [0.717, 1.165) is 125 Å². The number of carboxylic acids is 1. The van der Waals surface area contributed by atoms with E-state index in [1.165, 1.54) is 63.0 Å². The van der Waals surface area contributed by atoms with E-state index in [1.807, 2.05) is 19.1 Å². The third kappa shape index (κ3) is 18.9. The number of hydrogen-bond acceptors (Lipinski definition) is 10. The molecule has 0 bridgehead atoms. The number of para-hydroxylation sites is 2. The number of rotatable bonds is 18. The van der Waals surface area contributed by atoms with Crippen molar-refractivity contribution in [3.8, 4) is 17.9 Å². The number of allylic oxidation sites excluding steroid dienone is 1. The van der Waals surface area contributed by atoms with Crippen molar-refractivity contribution in [1.82, 2.24) is 20.4 Å². The molecule has 14 heteroatoms. The number of hydrogen-bond donors (Lipinski definition) is 3. The number of nitriles is 2. The van der Waals surface area contributed by atoms with Crippen molar-refractivity contribution in [2.24, 2.45) is 11.8 Å². The van der Waals surface area contributed by atoms with Gasteiger partial charge >= 0.3 is 5.97 Å². The summed E-state index contributed by atoms with van der Waals surface area (Å²) in [6.45, 7) is 13.0. The number of unbranched alkanes of at least 4 members (excludes halogenated alkanes) is 2. The number of benzene rings is 2. The van der Waals surface area contributed by atoms with Crippen molar-refractivity contribution in [1.29, 1.82) is 10.5 Å². The molecule has 4 fully saturated rings. The highest BCUT2D eigenvalue weighted by Crippen LogP contribution is 2.31. The summed E-state index contributed by atoms with van der Waals surface area (Å²) < 4.78 is 5.51. The Labute approximate surface area is 412 Å². The van der Waals surface area contributed by atoms with Crippen LogP contribution in [0.15, 0.2) is 54.1 Å². The van der Waals surface area contributed by atoms with Crippen molar-refractivity contribution in [3.63, 3.8) is 0 Å². The lowest BCUT2D eigenvalue weighted by molar-refractivity contribution is -0.132. The van der Waals surface area contributed by atoms with E-state index in [-0.39, 0.29) is 11.8 Å². The fraction of sp³-hybridized carbons (Fsp3) is 0.648. The molecule has 2 amide bonds. The van der Waals surface area contributed by atoms with Crippen LogP contribution in [0.25, 0.3) is 0 Å². The van der Waals surface area contributed by atoms with Crippen LogP contribution in [0.1, 0.15) is 128 Å². The molecule has 2 saturated carbocycles. The molecule has 0 unspecified atom stereocenters. The zero-order chi connectivity index (χ0) is 48.5. The van der Waals surface area contributed by atoms with Crippen LogP contribution in [0.3, 0.4) is 0 Å². The van der Waals surface area contributed by atoms with Gasteiger partial charge in [-0.2, -0.15) is 10.5 Å². The average Bonchev–Trinajstić information content (AvgIpc) is 3.92. The predicted molar refractivity (Wildman–Crippen MR) is 272 cm³/mol. The van der Waals surface area contributed by atoms with E-state index >= 15 is 0 Å². The topological polar surface area (TPSA) is 165 Å². The van der Waals surface area contributed by atoms with Crippen LogP contribution in [0, 0.1) is 41.4 Å². The van der Waals surface area contributed by atoms with Crippen molar-refractivity contribution in [2.75, 3.05) is 82.4 Å². The highest BCUT2D eigenvalue weighted by atomic mass is 35.5. The molecular formula is C54H79ClN8O5. The molecule has 2 heterocycles. The second-order valence-electron chi connectivity index (χ2n) is 19.4. The van der Waals surface area contributed by atoms with Crippen LogP contribution in [0.5, 0.6) is 5.75 Å². The minimum Gasteiger partial charge on any atom is -0.495 e. The van der Waals surface area contributed by atoms with Crippen molar-refractivity contribution in [2.45, 2.75) is 141 Å². The molecule has 372 valence electrons. The number of methoxy groups -OCH3 is 1. The van der Waals surface area contributed by atoms with Gasteiger partial charge in [-0.15, -0.1) is 0 Å². The molecule has 5 aliphatic rings. The number of amides is 2. The Morgan fingerprint density at radius 1 is 0.735 bits per heavy atom. The van der Waals surface area contributed by atoms with Gasteiger partial charge in [0.15, 0.2) is 0 Å². The van der Waals surface area contributed by atoms with Crippen LogP contribution in [0.4, 0.5) is 11.4 Å². The summed E-state index contributed by atoms with van der Waals surface area (Å²) in [6, 6.07) is 19.5. The minimum absolute atomic E-state index is 0.112. The lowest BCUT2D eigenvalue weighted by Crippen LogP contribution is -2.47. The fourth-order valence-electron chi connectivity index (χ4n) is 10.2. The monoisotopic (exact) mass is 955 g/mol. The second-order valence-corrected chi connectivity index (χ2v) is 19.8. The van der Waals surface area contributed by atoms with E-state index in [2.05, 4.69) is 72.7 Å². The summed E-state index contributed by atoms with van der Waals surface area (Å²) in [4.78, 5) is 44.0. The molecule has 0 radical (unpaired) electrons. The number of piperazine rings is 2. The summed E-state index contributed by atoms with van der Waals surface area (Å²) in [5, 5.41) is 32.6. The molecule has 2 aromatic carbocycles. The van der Waals surface area contributed by atoms with Crippen molar-refractivity contribution in [3.05, 3.63) is 64.7 Å². The molecule has 3 N–H and O–H groups in total. The Kier molecular flexibility index (Phi) is 23.8. The van der Waals surface area contributed by atoms with Crippen LogP contribution < -0.4 is 25.2 Å². The number of halogens is 1. The number of aryl methyl sites for hydroxylation is 1. The number of carbonyl (C=O) groups excluding carboxylic acids is 2. The van der Waals surface area contributed by atoms with Gasteiger partial charge in [-0.1, -0.05) is 35.9 Å². The summed E-state index contributed by atoms with van der Waals surface area (Å²) in [6.07, 6.45) is 19.5. The van der Waals surface area contributed by atoms with Crippen LogP contribution in [-0.2, 0) is 14.4 Å². The van der Waals surface area contributed by atoms with Gasteiger partial charge in [0.25, 0.3) is 0 Å². The van der Waals surface area contributed by atoms with Gasteiger partial charge in [0, 0.05) is 106 Å². The molecule has 2 aliphatic heterocycles. The summed E-state index contributed by atoms with van der Waals surface area (Å²) in [5.74, 6) is 2.00. The molecule has 0 atom stereocenters. The van der Waals surface area contributed by atoms with Crippen molar-refractivity contribution >= 4 is 40.8 Å². The largest absolute Gasteiger partial charge is 0.495 e. The van der Waals surface area contributed by atoms with Gasteiger partial charge in [0.2, 0.25) is 11.8 Å². The first-order valence-corrected chi connectivity index (χ1v) is 26.0. The Hall–Kier alpha value is -4.82. The van der Waals surface area contributed by atoms with E-state index in [9.17, 15) is 14.4 Å². The Morgan fingerprint density at radius 3 is 1.69 bits per heavy atom.